The van der Waals surface area contributed by atoms with Crippen LogP contribution >= 0.6 is 0 Å². The van der Waals surface area contributed by atoms with E-state index in [0.29, 0.717) is 28.4 Å². The zero-order chi connectivity index (χ0) is 39.0. The number of rotatable bonds is 9. The van der Waals surface area contributed by atoms with E-state index in [4.69, 9.17) is 24.4 Å². The molecule has 9 nitrogen and oxygen atoms in total. The van der Waals surface area contributed by atoms with E-state index in [-0.39, 0.29) is 17.9 Å². The van der Waals surface area contributed by atoms with Crippen molar-refractivity contribution in [3.63, 3.8) is 0 Å². The van der Waals surface area contributed by atoms with E-state index in [1.165, 1.54) is 36.0 Å². The fourth-order valence-corrected chi connectivity index (χ4v) is 9.56. The maximum absolute atomic E-state index is 11.4. The minimum Gasteiger partial charge on any atom is -0.507 e. The van der Waals surface area contributed by atoms with Gasteiger partial charge in [0, 0.05) is 49.6 Å². The molecule has 1 atom stereocenters. The van der Waals surface area contributed by atoms with Crippen LogP contribution in [0.3, 0.4) is 0 Å². The molecule has 0 radical (unpaired) electrons. The molecule has 2 N–H and O–H groups in total. The Labute approximate surface area is 331 Å². The number of nitrogens with one attached hydrogen (secondary N) is 1. The zero-order valence-electron chi connectivity index (χ0n) is 31.7. The van der Waals surface area contributed by atoms with Gasteiger partial charge in [0.2, 0.25) is 0 Å². The topological polar surface area (TPSA) is 130 Å². The lowest BCUT2D eigenvalue weighted by molar-refractivity contribution is 0.163. The van der Waals surface area contributed by atoms with Crippen LogP contribution in [0.1, 0.15) is 72.8 Å². The van der Waals surface area contributed by atoms with Crippen molar-refractivity contribution in [2.24, 2.45) is 5.11 Å². The van der Waals surface area contributed by atoms with Gasteiger partial charge < -0.3 is 24.1 Å². The number of ether oxygens (including phenoxy) is 4. The fourth-order valence-electron chi connectivity index (χ4n) is 9.56. The second-order valence-electron chi connectivity index (χ2n) is 15.0. The van der Waals surface area contributed by atoms with E-state index in [1.54, 1.807) is 25.3 Å². The highest BCUT2D eigenvalue weighted by Gasteiger charge is 2.48. The maximum atomic E-state index is 11.4. The summed E-state index contributed by atoms with van der Waals surface area (Å²) < 4.78 is 24.8. The van der Waals surface area contributed by atoms with Crippen LogP contribution in [0.4, 0.5) is 0 Å². The highest BCUT2D eigenvalue weighted by molar-refractivity contribution is 6.10. The standard InChI is InChI=1S/C48H42N4O5/c1-54-34-20-21-35(42(53)26-34)38-27-40-39(28-43(38)56-30-51-52-50)44-36-14-8-9-15-41(36)47(23-10-3-2-4-11-24-47)45(44)37-22-25-48(57-46(37)40,31-12-6-5-7-13-31)32-16-18-33(19-17-32)55-29-49/h5-9,12-22,25-29,49,53H,2-4,10-11,23-24,30H2,1H3. The van der Waals surface area contributed by atoms with Crippen LogP contribution in [-0.2, 0) is 11.0 Å². The number of hydrogen-bond acceptors (Lipinski definition) is 7. The molecule has 1 heterocycles. The molecule has 3 aliphatic rings. The summed E-state index contributed by atoms with van der Waals surface area (Å²) in [6, 6.07) is 36.0. The molecule has 6 aromatic rings. The molecule has 9 rings (SSSR count). The number of aromatic hydroxyl groups is 1. The molecule has 0 saturated heterocycles. The summed E-state index contributed by atoms with van der Waals surface area (Å²) in [4.78, 5) is 2.95. The average molecular weight is 755 g/mol. The first-order chi connectivity index (χ1) is 28.0. The first-order valence-corrected chi connectivity index (χ1v) is 19.5. The first-order valence-electron chi connectivity index (χ1n) is 19.5. The first kappa shape index (κ1) is 36.0. The van der Waals surface area contributed by atoms with Crippen molar-refractivity contribution in [3.05, 3.63) is 154 Å². The molecule has 1 spiro atoms. The van der Waals surface area contributed by atoms with E-state index in [9.17, 15) is 10.6 Å². The summed E-state index contributed by atoms with van der Waals surface area (Å²) >= 11 is 0. The summed E-state index contributed by atoms with van der Waals surface area (Å²) in [6.07, 6.45) is 13.3. The molecule has 9 heteroatoms. The second kappa shape index (κ2) is 14.8. The van der Waals surface area contributed by atoms with Crippen LogP contribution in [0.15, 0.2) is 120 Å². The Morgan fingerprint density at radius 2 is 1.53 bits per heavy atom. The Hall–Kier alpha value is -6.70. The minimum atomic E-state index is -1.03. The number of benzene rings is 6. The van der Waals surface area contributed by atoms with Gasteiger partial charge in [-0.3, -0.25) is 5.41 Å². The minimum absolute atomic E-state index is 0.0165. The zero-order valence-corrected chi connectivity index (χ0v) is 31.7. The Morgan fingerprint density at radius 3 is 2.26 bits per heavy atom. The van der Waals surface area contributed by atoms with Gasteiger partial charge in [0.25, 0.3) is 0 Å². The molecule has 1 unspecified atom stereocenters. The Kier molecular flexibility index (Phi) is 9.31. The van der Waals surface area contributed by atoms with E-state index >= 15 is 0 Å². The molecule has 0 amide bonds. The van der Waals surface area contributed by atoms with Gasteiger partial charge in [-0.25, -0.2) is 0 Å². The van der Waals surface area contributed by atoms with Gasteiger partial charge in [0.05, 0.1) is 7.11 Å². The number of nitrogens with zero attached hydrogens (tertiary/aromatic N) is 3. The maximum Gasteiger partial charge on any atom is 0.178 e. The third-order valence-electron chi connectivity index (χ3n) is 12.1. The predicted molar refractivity (Wildman–Crippen MR) is 224 cm³/mol. The molecule has 1 aliphatic heterocycles. The summed E-state index contributed by atoms with van der Waals surface area (Å²) in [7, 11) is 1.56. The van der Waals surface area contributed by atoms with Crippen molar-refractivity contribution in [2.75, 3.05) is 13.8 Å². The number of hydrogen-bond donors (Lipinski definition) is 2. The van der Waals surface area contributed by atoms with Gasteiger partial charge >= 0.3 is 0 Å². The Bertz CT molecular complexity index is 2590. The van der Waals surface area contributed by atoms with E-state index in [1.807, 2.05) is 54.6 Å². The average Bonchev–Trinajstić information content (AvgIpc) is 3.53. The number of methoxy groups -OCH3 is 1. The van der Waals surface area contributed by atoms with E-state index < -0.39 is 5.60 Å². The predicted octanol–water partition coefficient (Wildman–Crippen LogP) is 12.2. The van der Waals surface area contributed by atoms with Crippen molar-refractivity contribution in [3.8, 4) is 51.0 Å². The third-order valence-corrected chi connectivity index (χ3v) is 12.1. The molecular formula is C48H42N4O5. The fraction of sp³-hybridized carbons (Fsp3) is 0.229. The molecule has 0 aromatic heterocycles. The molecule has 6 aromatic carbocycles. The molecule has 284 valence electrons. The lowest BCUT2D eigenvalue weighted by Crippen LogP contribution is -2.35. The van der Waals surface area contributed by atoms with Gasteiger partial charge in [-0.05, 0) is 88.5 Å². The van der Waals surface area contributed by atoms with Gasteiger partial charge in [0.15, 0.2) is 18.7 Å². The monoisotopic (exact) mass is 754 g/mol. The Morgan fingerprint density at radius 1 is 0.807 bits per heavy atom. The molecular weight excluding hydrogens is 713 g/mol. The summed E-state index contributed by atoms with van der Waals surface area (Å²) in [5, 5.41) is 24.5. The number of phenols is 1. The van der Waals surface area contributed by atoms with E-state index in [0.717, 1.165) is 70.9 Å². The van der Waals surface area contributed by atoms with Crippen molar-refractivity contribution in [2.45, 2.75) is 56.0 Å². The number of azide groups is 1. The van der Waals surface area contributed by atoms with Crippen LogP contribution in [0.25, 0.3) is 49.5 Å². The third kappa shape index (κ3) is 5.94. The van der Waals surface area contributed by atoms with Crippen LogP contribution < -0.4 is 18.9 Å². The molecule has 0 bridgehead atoms. The summed E-state index contributed by atoms with van der Waals surface area (Å²) in [6.45, 7) is -0.229. The van der Waals surface area contributed by atoms with Gasteiger partial charge in [-0.15, -0.1) is 0 Å². The summed E-state index contributed by atoms with van der Waals surface area (Å²) in [5.74, 6) is 2.29. The lowest BCUT2D eigenvalue weighted by Gasteiger charge is -2.40. The number of fused-ring (bicyclic) bond motifs is 10. The lowest BCUT2D eigenvalue weighted by atomic mass is 9.67. The normalized spacial score (nSPS) is 17.6. The van der Waals surface area contributed by atoms with Gasteiger partial charge in [-0.2, -0.15) is 0 Å². The highest BCUT2D eigenvalue weighted by Crippen LogP contribution is 2.62. The molecule has 57 heavy (non-hydrogen) atoms. The molecule has 1 fully saturated rings. The van der Waals surface area contributed by atoms with Crippen LogP contribution in [-0.4, -0.2) is 25.3 Å². The quantitative estimate of drug-likeness (QED) is 0.0499. The number of phenolic OH excluding ortho intramolecular Hbond substituents is 1. The van der Waals surface area contributed by atoms with Crippen molar-refractivity contribution in [1.29, 1.82) is 5.41 Å². The van der Waals surface area contributed by atoms with Crippen molar-refractivity contribution >= 4 is 23.2 Å². The van der Waals surface area contributed by atoms with Crippen LogP contribution in [0.2, 0.25) is 0 Å². The van der Waals surface area contributed by atoms with Crippen molar-refractivity contribution < 1.29 is 24.1 Å². The van der Waals surface area contributed by atoms with Gasteiger partial charge in [0.1, 0.15) is 28.7 Å². The van der Waals surface area contributed by atoms with Crippen LogP contribution in [0.5, 0.6) is 28.7 Å². The SMILES string of the molecule is COc1ccc(-c2cc3c4c(c5c(c3cc2OCN=[N+]=[N-])-c2ccccc2C52CCCCCCC2)C=CC(c2ccccc2)(c2ccc(OC=N)cc2)O4)c(O)c1. The Balaban J connectivity index is 1.39. The van der Waals surface area contributed by atoms with E-state index in [2.05, 4.69) is 58.6 Å². The van der Waals surface area contributed by atoms with Gasteiger partial charge in [-0.1, -0.05) is 110 Å². The highest BCUT2D eigenvalue weighted by atomic mass is 16.5. The van der Waals surface area contributed by atoms with Crippen molar-refractivity contribution in [1.82, 2.24) is 0 Å². The summed E-state index contributed by atoms with van der Waals surface area (Å²) in [5.41, 5.74) is 17.0. The molecule has 2 aliphatic carbocycles. The second-order valence-corrected chi connectivity index (χ2v) is 15.0. The smallest absolute Gasteiger partial charge is 0.178 e. The largest absolute Gasteiger partial charge is 0.507 e. The van der Waals surface area contributed by atoms with Crippen LogP contribution in [0, 0.1) is 5.41 Å². The molecule has 1 saturated carbocycles.